The molecule has 1 amide bonds. The molecule has 0 saturated carbocycles. The van der Waals surface area contributed by atoms with Crippen LogP contribution in [0.5, 0.6) is 0 Å². The van der Waals surface area contributed by atoms with Crippen LogP contribution in [-0.4, -0.2) is 15.9 Å². The van der Waals surface area contributed by atoms with Crippen molar-refractivity contribution >= 4 is 34.3 Å². The van der Waals surface area contributed by atoms with Gasteiger partial charge in [0.05, 0.1) is 22.3 Å². The minimum Gasteiger partial charge on any atom is -0.325 e. The minimum absolute atomic E-state index is 0.110. The smallest absolute Gasteiger partial charge is 0.325 e. The van der Waals surface area contributed by atoms with Gasteiger partial charge in [0.1, 0.15) is 0 Å². The summed E-state index contributed by atoms with van der Waals surface area (Å²) in [5.41, 5.74) is 1.19. The summed E-state index contributed by atoms with van der Waals surface area (Å²) in [6.45, 7) is 0. The van der Waals surface area contributed by atoms with Gasteiger partial charge in [-0.3, -0.25) is 4.79 Å². The molecule has 3 aromatic carbocycles. The molecule has 0 fully saturated rings. The Balaban J connectivity index is 1.59. The summed E-state index contributed by atoms with van der Waals surface area (Å²) in [7, 11) is 0. The van der Waals surface area contributed by atoms with E-state index in [1.807, 2.05) is 18.2 Å². The van der Waals surface area contributed by atoms with Crippen molar-refractivity contribution in [1.82, 2.24) is 9.97 Å². The number of nitrogens with zero attached hydrogens (tertiary/aromatic N) is 1. The van der Waals surface area contributed by atoms with Crippen molar-refractivity contribution in [3.05, 3.63) is 83.9 Å². The third-order valence-corrected chi connectivity index (χ3v) is 4.26. The van der Waals surface area contributed by atoms with Gasteiger partial charge in [-0.25, -0.2) is 4.98 Å². The lowest BCUT2D eigenvalue weighted by molar-refractivity contribution is -0.136. The van der Waals surface area contributed by atoms with Gasteiger partial charge in [-0.15, -0.1) is 0 Å². The normalized spacial score (nSPS) is 11.4. The molecule has 146 valence electrons. The molecular formula is C21H15F3N4O. The maximum absolute atomic E-state index is 13.2. The van der Waals surface area contributed by atoms with Crippen LogP contribution in [0.3, 0.4) is 0 Å². The highest BCUT2D eigenvalue weighted by molar-refractivity contribution is 6.06. The molecule has 0 spiro atoms. The summed E-state index contributed by atoms with van der Waals surface area (Å²) in [6.07, 6.45) is -4.49. The summed E-state index contributed by atoms with van der Waals surface area (Å²) < 4.78 is 39.5. The van der Waals surface area contributed by atoms with E-state index in [0.717, 1.165) is 6.07 Å². The van der Waals surface area contributed by atoms with E-state index in [9.17, 15) is 18.0 Å². The first-order valence-corrected chi connectivity index (χ1v) is 8.69. The van der Waals surface area contributed by atoms with E-state index in [4.69, 9.17) is 0 Å². The highest BCUT2D eigenvalue weighted by Gasteiger charge is 2.33. The maximum Gasteiger partial charge on any atom is 0.418 e. The van der Waals surface area contributed by atoms with Crippen molar-refractivity contribution in [3.8, 4) is 0 Å². The van der Waals surface area contributed by atoms with Gasteiger partial charge >= 0.3 is 6.18 Å². The lowest BCUT2D eigenvalue weighted by atomic mass is 10.1. The van der Waals surface area contributed by atoms with E-state index < -0.39 is 11.7 Å². The van der Waals surface area contributed by atoms with E-state index in [1.54, 1.807) is 30.3 Å². The number of fused-ring (bicyclic) bond motifs is 1. The van der Waals surface area contributed by atoms with Crippen LogP contribution in [0.25, 0.3) is 11.0 Å². The minimum atomic E-state index is -4.49. The molecule has 1 heterocycles. The third kappa shape index (κ3) is 4.06. The number of para-hydroxylation sites is 2. The standard InChI is InChI=1S/C21H15F3N4O/c22-21(23,24)15-8-4-5-9-16(15)26-20-27-17-11-10-13(12-18(17)28-20)19(29)25-14-6-2-1-3-7-14/h1-12H,(H,25,29)(H2,26,27,28). The molecule has 0 aliphatic heterocycles. The van der Waals surface area contributed by atoms with Crippen LogP contribution in [0.2, 0.25) is 0 Å². The van der Waals surface area contributed by atoms with Gasteiger partial charge in [0.2, 0.25) is 5.95 Å². The van der Waals surface area contributed by atoms with Gasteiger partial charge in [0.15, 0.2) is 0 Å². The summed E-state index contributed by atoms with van der Waals surface area (Å²) in [5.74, 6) is -0.157. The predicted molar refractivity (Wildman–Crippen MR) is 105 cm³/mol. The largest absolute Gasteiger partial charge is 0.418 e. The highest BCUT2D eigenvalue weighted by atomic mass is 19.4. The first-order chi connectivity index (χ1) is 13.9. The molecule has 4 aromatic rings. The average Bonchev–Trinajstić information content (AvgIpc) is 3.09. The Morgan fingerprint density at radius 1 is 0.931 bits per heavy atom. The molecule has 3 N–H and O–H groups in total. The Morgan fingerprint density at radius 3 is 2.41 bits per heavy atom. The van der Waals surface area contributed by atoms with Gasteiger partial charge < -0.3 is 15.6 Å². The molecule has 0 radical (unpaired) electrons. The number of benzene rings is 3. The van der Waals surface area contributed by atoms with E-state index in [1.165, 1.54) is 18.2 Å². The maximum atomic E-state index is 13.2. The number of anilines is 3. The second-order valence-corrected chi connectivity index (χ2v) is 6.31. The number of carbonyl (C=O) groups excluding carboxylic acids is 1. The van der Waals surface area contributed by atoms with Gasteiger partial charge in [0, 0.05) is 11.3 Å². The van der Waals surface area contributed by atoms with Crippen molar-refractivity contribution in [3.63, 3.8) is 0 Å². The number of alkyl halides is 3. The van der Waals surface area contributed by atoms with Crippen LogP contribution in [0, 0.1) is 0 Å². The fraction of sp³-hybridized carbons (Fsp3) is 0.0476. The Kier molecular flexibility index (Phi) is 4.67. The number of aromatic amines is 1. The van der Waals surface area contributed by atoms with Gasteiger partial charge in [-0.2, -0.15) is 13.2 Å². The van der Waals surface area contributed by atoms with Gasteiger partial charge in [-0.1, -0.05) is 30.3 Å². The predicted octanol–water partition coefficient (Wildman–Crippen LogP) is 5.58. The zero-order valence-electron chi connectivity index (χ0n) is 14.9. The van der Waals surface area contributed by atoms with Crippen molar-refractivity contribution in [2.45, 2.75) is 6.18 Å². The van der Waals surface area contributed by atoms with Crippen LogP contribution < -0.4 is 10.6 Å². The number of halogens is 3. The zero-order chi connectivity index (χ0) is 20.4. The molecule has 1 aromatic heterocycles. The van der Waals surface area contributed by atoms with Crippen LogP contribution in [-0.2, 0) is 6.18 Å². The third-order valence-electron chi connectivity index (χ3n) is 4.26. The van der Waals surface area contributed by atoms with Crippen LogP contribution >= 0.6 is 0 Å². The summed E-state index contributed by atoms with van der Waals surface area (Å²) in [6, 6.07) is 19.0. The first-order valence-electron chi connectivity index (χ1n) is 8.69. The monoisotopic (exact) mass is 396 g/mol. The molecule has 0 saturated heterocycles. The number of hydrogen-bond acceptors (Lipinski definition) is 3. The molecule has 8 heteroatoms. The number of rotatable bonds is 4. The van der Waals surface area contributed by atoms with E-state index >= 15 is 0 Å². The molecule has 0 unspecified atom stereocenters. The first kappa shape index (κ1) is 18.5. The molecule has 29 heavy (non-hydrogen) atoms. The Bertz CT molecular complexity index is 1170. The van der Waals surface area contributed by atoms with Crippen molar-refractivity contribution < 1.29 is 18.0 Å². The molecule has 0 bridgehead atoms. The SMILES string of the molecule is O=C(Nc1ccccc1)c1ccc2[nH]c(Nc3ccccc3C(F)(F)F)nc2c1. The van der Waals surface area contributed by atoms with Crippen molar-refractivity contribution in [2.24, 2.45) is 0 Å². The summed E-state index contributed by atoms with van der Waals surface area (Å²) in [4.78, 5) is 19.6. The summed E-state index contributed by atoms with van der Waals surface area (Å²) in [5, 5.41) is 5.45. The number of nitrogens with one attached hydrogen (secondary N) is 3. The molecule has 0 aliphatic rings. The van der Waals surface area contributed by atoms with Crippen LogP contribution in [0.4, 0.5) is 30.5 Å². The Labute approximate surface area is 163 Å². The fourth-order valence-electron chi connectivity index (χ4n) is 2.90. The zero-order valence-corrected chi connectivity index (χ0v) is 14.9. The topological polar surface area (TPSA) is 69.8 Å². The second-order valence-electron chi connectivity index (χ2n) is 6.31. The number of hydrogen-bond donors (Lipinski definition) is 3. The molecule has 5 nitrogen and oxygen atoms in total. The highest BCUT2D eigenvalue weighted by Crippen LogP contribution is 2.35. The number of carbonyl (C=O) groups is 1. The molecule has 0 atom stereocenters. The average molecular weight is 396 g/mol. The van der Waals surface area contributed by atoms with Crippen molar-refractivity contribution in [1.29, 1.82) is 0 Å². The van der Waals surface area contributed by atoms with Crippen LogP contribution in [0.15, 0.2) is 72.8 Å². The van der Waals surface area contributed by atoms with E-state index in [-0.39, 0.29) is 17.5 Å². The number of aromatic nitrogens is 2. The lowest BCUT2D eigenvalue weighted by Crippen LogP contribution is -2.11. The fourth-order valence-corrected chi connectivity index (χ4v) is 2.90. The number of amides is 1. The number of H-pyrrole nitrogens is 1. The Morgan fingerprint density at radius 2 is 1.66 bits per heavy atom. The molecular weight excluding hydrogens is 381 g/mol. The lowest BCUT2D eigenvalue weighted by Gasteiger charge is -2.12. The van der Waals surface area contributed by atoms with E-state index in [0.29, 0.717) is 22.3 Å². The number of imidazole rings is 1. The second kappa shape index (κ2) is 7.31. The summed E-state index contributed by atoms with van der Waals surface area (Å²) >= 11 is 0. The molecule has 0 aliphatic carbocycles. The molecule has 4 rings (SSSR count). The van der Waals surface area contributed by atoms with Crippen molar-refractivity contribution in [2.75, 3.05) is 10.6 Å². The van der Waals surface area contributed by atoms with E-state index in [2.05, 4.69) is 20.6 Å². The Hall–Kier alpha value is -3.81. The quantitative estimate of drug-likeness (QED) is 0.422. The van der Waals surface area contributed by atoms with Crippen LogP contribution in [0.1, 0.15) is 15.9 Å². The van der Waals surface area contributed by atoms with Gasteiger partial charge in [0.25, 0.3) is 5.91 Å². The van der Waals surface area contributed by atoms with Gasteiger partial charge in [-0.05, 0) is 42.5 Å².